The lowest BCUT2D eigenvalue weighted by atomic mass is 9.83. The Hall–Kier alpha value is -0.570. The van der Waals surface area contributed by atoms with E-state index in [-0.39, 0.29) is 12.0 Å². The minimum atomic E-state index is 0.193. The smallest absolute Gasteiger partial charge is 0.225 e. The van der Waals surface area contributed by atoms with Crippen LogP contribution in [0.15, 0.2) is 0 Å². The minimum Gasteiger partial charge on any atom is -0.343 e. The molecule has 3 nitrogen and oxygen atoms in total. The molecule has 0 aliphatic heterocycles. The number of rotatable bonds is 2. The van der Waals surface area contributed by atoms with Crippen molar-refractivity contribution in [1.29, 1.82) is 0 Å². The molecular formula is C15H28N2O. The van der Waals surface area contributed by atoms with Gasteiger partial charge in [0.15, 0.2) is 0 Å². The van der Waals surface area contributed by atoms with Crippen molar-refractivity contribution in [2.24, 2.45) is 17.6 Å². The zero-order valence-electron chi connectivity index (χ0n) is 11.9. The third kappa shape index (κ3) is 3.25. The molecule has 0 saturated heterocycles. The summed E-state index contributed by atoms with van der Waals surface area (Å²) in [5, 5.41) is 0. The van der Waals surface area contributed by atoms with E-state index >= 15 is 0 Å². The second-order valence-electron chi connectivity index (χ2n) is 6.49. The molecule has 3 heteroatoms. The topological polar surface area (TPSA) is 46.3 Å². The summed E-state index contributed by atoms with van der Waals surface area (Å²) in [6.45, 7) is 2.32. The van der Waals surface area contributed by atoms with Crippen molar-refractivity contribution in [3.8, 4) is 0 Å². The van der Waals surface area contributed by atoms with Crippen LogP contribution in [-0.4, -0.2) is 29.9 Å². The van der Waals surface area contributed by atoms with Gasteiger partial charge in [0, 0.05) is 25.0 Å². The molecule has 18 heavy (non-hydrogen) atoms. The summed E-state index contributed by atoms with van der Waals surface area (Å²) in [6.07, 6.45) is 9.05. The second-order valence-corrected chi connectivity index (χ2v) is 6.49. The molecule has 104 valence electrons. The average Bonchev–Trinajstić information content (AvgIpc) is 2.38. The highest BCUT2D eigenvalue weighted by Gasteiger charge is 2.31. The van der Waals surface area contributed by atoms with Gasteiger partial charge in [-0.25, -0.2) is 0 Å². The van der Waals surface area contributed by atoms with Crippen molar-refractivity contribution in [2.75, 3.05) is 7.05 Å². The van der Waals surface area contributed by atoms with Gasteiger partial charge in [-0.05, 0) is 50.9 Å². The van der Waals surface area contributed by atoms with Crippen LogP contribution in [0.5, 0.6) is 0 Å². The molecule has 0 heterocycles. The van der Waals surface area contributed by atoms with E-state index in [2.05, 4.69) is 6.92 Å². The Bertz CT molecular complexity index is 284. The fraction of sp³-hybridized carbons (Fsp3) is 0.933. The molecule has 0 aromatic heterocycles. The maximum Gasteiger partial charge on any atom is 0.225 e. The lowest BCUT2D eigenvalue weighted by Gasteiger charge is -2.37. The van der Waals surface area contributed by atoms with Gasteiger partial charge >= 0.3 is 0 Å². The monoisotopic (exact) mass is 252 g/mol. The molecule has 0 radical (unpaired) electrons. The van der Waals surface area contributed by atoms with Crippen LogP contribution in [0.4, 0.5) is 0 Å². The summed E-state index contributed by atoms with van der Waals surface area (Å²) in [5.74, 6) is 1.38. The van der Waals surface area contributed by atoms with E-state index in [1.807, 2.05) is 11.9 Å². The molecule has 0 aromatic rings. The van der Waals surface area contributed by atoms with Gasteiger partial charge in [0.1, 0.15) is 0 Å². The van der Waals surface area contributed by atoms with Crippen molar-refractivity contribution in [1.82, 2.24) is 4.90 Å². The van der Waals surface area contributed by atoms with Crippen LogP contribution >= 0.6 is 0 Å². The van der Waals surface area contributed by atoms with Crippen LogP contribution < -0.4 is 5.73 Å². The Morgan fingerprint density at radius 1 is 1.11 bits per heavy atom. The first-order valence-corrected chi connectivity index (χ1v) is 7.60. The molecule has 2 aliphatic carbocycles. The van der Waals surface area contributed by atoms with Crippen molar-refractivity contribution in [3.63, 3.8) is 0 Å². The molecule has 2 unspecified atom stereocenters. The lowest BCUT2D eigenvalue weighted by molar-refractivity contribution is -0.138. The van der Waals surface area contributed by atoms with Gasteiger partial charge in [-0.1, -0.05) is 13.3 Å². The first-order valence-electron chi connectivity index (χ1n) is 7.60. The molecular weight excluding hydrogens is 224 g/mol. The van der Waals surface area contributed by atoms with Crippen LogP contribution in [0.1, 0.15) is 58.3 Å². The highest BCUT2D eigenvalue weighted by Crippen LogP contribution is 2.30. The van der Waals surface area contributed by atoms with Gasteiger partial charge in [0.2, 0.25) is 5.91 Å². The Kier molecular flexibility index (Phi) is 4.66. The summed E-state index contributed by atoms with van der Waals surface area (Å²) in [6, 6.07) is 0.722. The van der Waals surface area contributed by atoms with Crippen molar-refractivity contribution < 1.29 is 4.79 Å². The molecule has 0 spiro atoms. The Morgan fingerprint density at radius 3 is 2.39 bits per heavy atom. The highest BCUT2D eigenvalue weighted by molar-refractivity contribution is 5.79. The first-order chi connectivity index (χ1) is 8.58. The maximum absolute atomic E-state index is 12.5. The molecule has 2 aliphatic rings. The van der Waals surface area contributed by atoms with Crippen molar-refractivity contribution in [2.45, 2.75) is 70.4 Å². The zero-order chi connectivity index (χ0) is 13.1. The zero-order valence-corrected chi connectivity index (χ0v) is 11.9. The van der Waals surface area contributed by atoms with Gasteiger partial charge in [0.25, 0.3) is 0 Å². The van der Waals surface area contributed by atoms with Crippen LogP contribution in [0.2, 0.25) is 0 Å². The highest BCUT2D eigenvalue weighted by atomic mass is 16.2. The molecule has 1 amide bonds. The van der Waals surface area contributed by atoms with Gasteiger partial charge < -0.3 is 10.6 Å². The van der Waals surface area contributed by atoms with E-state index < -0.39 is 0 Å². The normalized spacial score (nSPS) is 37.3. The summed E-state index contributed by atoms with van der Waals surface area (Å²) in [7, 11) is 2.00. The van der Waals surface area contributed by atoms with Gasteiger partial charge in [-0.15, -0.1) is 0 Å². The van der Waals surface area contributed by atoms with Crippen molar-refractivity contribution in [3.05, 3.63) is 0 Å². The van der Waals surface area contributed by atoms with Gasteiger partial charge in [0.05, 0.1) is 0 Å². The summed E-state index contributed by atoms with van der Waals surface area (Å²) in [4.78, 5) is 14.5. The van der Waals surface area contributed by atoms with E-state index in [0.717, 1.165) is 31.6 Å². The predicted molar refractivity (Wildman–Crippen MR) is 74.1 cm³/mol. The van der Waals surface area contributed by atoms with Gasteiger partial charge in [-0.2, -0.15) is 0 Å². The fourth-order valence-corrected chi connectivity index (χ4v) is 3.55. The average molecular weight is 252 g/mol. The summed E-state index contributed by atoms with van der Waals surface area (Å²) >= 11 is 0. The van der Waals surface area contributed by atoms with Crippen LogP contribution in [0.3, 0.4) is 0 Å². The fourth-order valence-electron chi connectivity index (χ4n) is 3.55. The third-order valence-electron chi connectivity index (χ3n) is 4.94. The minimum absolute atomic E-state index is 0.193. The Morgan fingerprint density at radius 2 is 1.78 bits per heavy atom. The molecule has 2 saturated carbocycles. The predicted octanol–water partition coefficient (Wildman–Crippen LogP) is 2.54. The van der Waals surface area contributed by atoms with E-state index in [0.29, 0.717) is 11.9 Å². The quantitative estimate of drug-likeness (QED) is 0.821. The Balaban J connectivity index is 1.87. The molecule has 2 atom stereocenters. The maximum atomic E-state index is 12.5. The summed E-state index contributed by atoms with van der Waals surface area (Å²) < 4.78 is 0. The van der Waals surface area contributed by atoms with E-state index in [9.17, 15) is 4.79 Å². The van der Waals surface area contributed by atoms with Crippen LogP contribution in [-0.2, 0) is 4.79 Å². The number of hydrogen-bond acceptors (Lipinski definition) is 2. The number of nitrogens with two attached hydrogens (primary N) is 1. The molecule has 0 bridgehead atoms. The molecule has 0 aromatic carbocycles. The number of hydrogen-bond donors (Lipinski definition) is 1. The molecule has 2 rings (SSSR count). The first kappa shape index (κ1) is 13.9. The van der Waals surface area contributed by atoms with E-state index in [4.69, 9.17) is 5.73 Å². The lowest BCUT2D eigenvalue weighted by Crippen LogP contribution is -2.44. The number of carbonyl (C=O) groups excluding carboxylic acids is 1. The third-order valence-corrected chi connectivity index (χ3v) is 4.94. The number of amides is 1. The second kappa shape index (κ2) is 6.05. The SMILES string of the molecule is CC1CCC(N(C)C(=O)C2CCCC(N)C2)CC1. The molecule has 2 N–H and O–H groups in total. The molecule has 2 fully saturated rings. The van der Waals surface area contributed by atoms with Crippen LogP contribution in [0.25, 0.3) is 0 Å². The van der Waals surface area contributed by atoms with Crippen LogP contribution in [0, 0.1) is 11.8 Å². The largest absolute Gasteiger partial charge is 0.343 e. The number of nitrogens with zero attached hydrogens (tertiary/aromatic N) is 1. The van der Waals surface area contributed by atoms with Crippen molar-refractivity contribution >= 4 is 5.91 Å². The van der Waals surface area contributed by atoms with Gasteiger partial charge in [-0.3, -0.25) is 4.79 Å². The van der Waals surface area contributed by atoms with E-state index in [1.165, 1.54) is 25.7 Å². The number of carbonyl (C=O) groups is 1. The Labute approximate surface area is 111 Å². The van der Waals surface area contributed by atoms with E-state index in [1.54, 1.807) is 0 Å². The standard InChI is InChI=1S/C15H28N2O/c1-11-6-8-14(9-7-11)17(2)15(18)12-4-3-5-13(16)10-12/h11-14H,3-10,16H2,1-2H3. The summed E-state index contributed by atoms with van der Waals surface area (Å²) in [5.41, 5.74) is 5.99.